The van der Waals surface area contributed by atoms with Gasteiger partial charge in [0.25, 0.3) is 0 Å². The van der Waals surface area contributed by atoms with Crippen LogP contribution in [0.2, 0.25) is 0 Å². The number of hydrogen-bond donors (Lipinski definition) is 7. The zero-order valence-electron chi connectivity index (χ0n) is 20.4. The standard InChI is InChI=1S/C23H34N4O8S/c1-12(2)19(22(33)26-17(23(34)35)10-13-4-6-14(28)7-5-13)27-21(32)16(11-18(29)30)25-20(31)15(24)8-9-36-3/h4-7,12,15-17,19,28H,8-11,24H2,1-3H3,(H,25,31)(H,26,33)(H,27,32)(H,29,30)(H,34,35). The van der Waals surface area contributed by atoms with E-state index < -0.39 is 66.2 Å². The first-order valence-electron chi connectivity index (χ1n) is 11.2. The number of thioether (sulfide) groups is 1. The number of phenols is 1. The van der Waals surface area contributed by atoms with Gasteiger partial charge in [-0.3, -0.25) is 19.2 Å². The lowest BCUT2D eigenvalue weighted by atomic mass is 10.0. The van der Waals surface area contributed by atoms with Gasteiger partial charge in [-0.25, -0.2) is 4.79 Å². The summed E-state index contributed by atoms with van der Waals surface area (Å²) in [5, 5.41) is 35.3. The molecule has 3 amide bonds. The molecule has 0 spiro atoms. The quantitative estimate of drug-likeness (QED) is 0.158. The van der Waals surface area contributed by atoms with Gasteiger partial charge < -0.3 is 37.0 Å². The Labute approximate surface area is 213 Å². The van der Waals surface area contributed by atoms with E-state index in [2.05, 4.69) is 16.0 Å². The highest BCUT2D eigenvalue weighted by atomic mass is 32.2. The molecule has 0 saturated heterocycles. The van der Waals surface area contributed by atoms with E-state index in [0.717, 1.165) is 0 Å². The van der Waals surface area contributed by atoms with Crippen LogP contribution in [0, 0.1) is 5.92 Å². The van der Waals surface area contributed by atoms with E-state index in [4.69, 9.17) is 5.73 Å². The summed E-state index contributed by atoms with van der Waals surface area (Å²) in [5.74, 6) is -4.96. The zero-order chi connectivity index (χ0) is 27.4. The van der Waals surface area contributed by atoms with Crippen LogP contribution < -0.4 is 21.7 Å². The van der Waals surface area contributed by atoms with E-state index in [1.165, 1.54) is 36.0 Å². The number of aliphatic carboxylic acids is 2. The molecule has 0 radical (unpaired) electrons. The number of aromatic hydroxyl groups is 1. The number of hydrogen-bond acceptors (Lipinski definition) is 8. The molecule has 0 saturated carbocycles. The van der Waals surface area contributed by atoms with Gasteiger partial charge in [0.15, 0.2) is 0 Å². The van der Waals surface area contributed by atoms with E-state index in [1.807, 2.05) is 6.26 Å². The van der Waals surface area contributed by atoms with Crippen LogP contribution in [0.25, 0.3) is 0 Å². The highest BCUT2D eigenvalue weighted by molar-refractivity contribution is 7.98. The molecule has 8 N–H and O–H groups in total. The SMILES string of the molecule is CSCCC(N)C(=O)NC(CC(=O)O)C(=O)NC(C(=O)NC(Cc1ccc(O)cc1)C(=O)O)C(C)C. The fourth-order valence-electron chi connectivity index (χ4n) is 3.16. The molecule has 0 bridgehead atoms. The Morgan fingerprint density at radius 1 is 0.917 bits per heavy atom. The van der Waals surface area contributed by atoms with Crippen molar-refractivity contribution in [1.29, 1.82) is 0 Å². The first-order valence-corrected chi connectivity index (χ1v) is 12.6. The van der Waals surface area contributed by atoms with Gasteiger partial charge in [0.05, 0.1) is 12.5 Å². The molecule has 0 aliphatic heterocycles. The highest BCUT2D eigenvalue weighted by Gasteiger charge is 2.32. The highest BCUT2D eigenvalue weighted by Crippen LogP contribution is 2.12. The third kappa shape index (κ3) is 10.5. The normalized spacial score (nSPS) is 14.2. The third-order valence-electron chi connectivity index (χ3n) is 5.22. The molecule has 0 aliphatic carbocycles. The van der Waals surface area contributed by atoms with Crippen LogP contribution in [-0.4, -0.2) is 81.2 Å². The summed E-state index contributed by atoms with van der Waals surface area (Å²) in [5.41, 5.74) is 6.35. The summed E-state index contributed by atoms with van der Waals surface area (Å²) >= 11 is 1.47. The molecule has 0 aromatic heterocycles. The average molecular weight is 527 g/mol. The van der Waals surface area contributed by atoms with Crippen molar-refractivity contribution in [2.24, 2.45) is 11.7 Å². The minimum atomic E-state index is -1.49. The molecule has 200 valence electrons. The molecule has 4 atom stereocenters. The number of carbonyl (C=O) groups is 5. The van der Waals surface area contributed by atoms with E-state index >= 15 is 0 Å². The fraction of sp³-hybridized carbons (Fsp3) is 0.522. The topological polar surface area (TPSA) is 208 Å². The third-order valence-corrected chi connectivity index (χ3v) is 5.86. The maximum atomic E-state index is 12.9. The minimum Gasteiger partial charge on any atom is -0.508 e. The van der Waals surface area contributed by atoms with Gasteiger partial charge in [-0.1, -0.05) is 26.0 Å². The van der Waals surface area contributed by atoms with Crippen molar-refractivity contribution in [2.45, 2.75) is 57.3 Å². The maximum absolute atomic E-state index is 12.9. The number of carboxylic acid groups (broad SMARTS) is 2. The fourth-order valence-corrected chi connectivity index (χ4v) is 3.65. The van der Waals surface area contributed by atoms with Crippen LogP contribution in [0.3, 0.4) is 0 Å². The Morgan fingerprint density at radius 2 is 1.50 bits per heavy atom. The number of rotatable bonds is 15. The molecule has 0 aliphatic rings. The lowest BCUT2D eigenvalue weighted by Gasteiger charge is -2.26. The van der Waals surface area contributed by atoms with Crippen molar-refractivity contribution in [3.8, 4) is 5.75 Å². The number of nitrogens with one attached hydrogen (secondary N) is 3. The largest absolute Gasteiger partial charge is 0.508 e. The van der Waals surface area contributed by atoms with E-state index in [-0.39, 0.29) is 12.2 Å². The second kappa shape index (κ2) is 14.9. The molecule has 1 aromatic carbocycles. The zero-order valence-corrected chi connectivity index (χ0v) is 21.2. The van der Waals surface area contributed by atoms with Crippen molar-refractivity contribution in [1.82, 2.24) is 16.0 Å². The number of carbonyl (C=O) groups excluding carboxylic acids is 3. The summed E-state index contributed by atoms with van der Waals surface area (Å²) in [6, 6.07) is 0.832. The second-order valence-corrected chi connectivity index (χ2v) is 9.53. The Kier molecular flexibility index (Phi) is 12.7. The molecule has 12 nitrogen and oxygen atoms in total. The average Bonchev–Trinajstić information content (AvgIpc) is 2.80. The summed E-state index contributed by atoms with van der Waals surface area (Å²) in [6.07, 6.45) is 1.34. The summed E-state index contributed by atoms with van der Waals surface area (Å²) in [7, 11) is 0. The van der Waals surface area contributed by atoms with Crippen molar-refractivity contribution in [2.75, 3.05) is 12.0 Å². The van der Waals surface area contributed by atoms with Crippen LogP contribution in [0.1, 0.15) is 32.3 Å². The Morgan fingerprint density at radius 3 is 2.00 bits per heavy atom. The van der Waals surface area contributed by atoms with Crippen LogP contribution >= 0.6 is 11.8 Å². The van der Waals surface area contributed by atoms with Gasteiger partial charge in [0, 0.05) is 6.42 Å². The Bertz CT molecular complexity index is 925. The molecule has 36 heavy (non-hydrogen) atoms. The summed E-state index contributed by atoms with van der Waals surface area (Å²) in [4.78, 5) is 61.1. The van der Waals surface area contributed by atoms with E-state index in [1.54, 1.807) is 13.8 Å². The lowest BCUT2D eigenvalue weighted by Crippen LogP contribution is -2.59. The van der Waals surface area contributed by atoms with Crippen LogP contribution in [-0.2, 0) is 30.4 Å². The molecule has 0 heterocycles. The van der Waals surface area contributed by atoms with Crippen molar-refractivity contribution >= 4 is 41.4 Å². The number of carboxylic acids is 2. The lowest BCUT2D eigenvalue weighted by molar-refractivity contribution is -0.143. The number of phenolic OH excluding ortho intramolecular Hbond substituents is 1. The molecule has 1 aromatic rings. The van der Waals surface area contributed by atoms with Crippen LogP contribution in [0.15, 0.2) is 24.3 Å². The van der Waals surface area contributed by atoms with E-state index in [0.29, 0.717) is 17.7 Å². The number of nitrogens with two attached hydrogens (primary N) is 1. The van der Waals surface area contributed by atoms with Gasteiger partial charge in [0.1, 0.15) is 23.9 Å². The predicted molar refractivity (Wildman–Crippen MR) is 133 cm³/mol. The summed E-state index contributed by atoms with van der Waals surface area (Å²) in [6.45, 7) is 3.23. The Hall–Kier alpha value is -3.32. The second-order valence-electron chi connectivity index (χ2n) is 8.55. The van der Waals surface area contributed by atoms with Gasteiger partial charge in [-0.05, 0) is 42.0 Å². The number of amides is 3. The van der Waals surface area contributed by atoms with Gasteiger partial charge in [-0.2, -0.15) is 11.8 Å². The van der Waals surface area contributed by atoms with Gasteiger partial charge >= 0.3 is 11.9 Å². The smallest absolute Gasteiger partial charge is 0.326 e. The first kappa shape index (κ1) is 30.7. The summed E-state index contributed by atoms with van der Waals surface area (Å²) < 4.78 is 0. The van der Waals surface area contributed by atoms with Crippen molar-refractivity contribution < 1.29 is 39.3 Å². The van der Waals surface area contributed by atoms with Gasteiger partial charge in [-0.15, -0.1) is 0 Å². The molecule has 1 rings (SSSR count). The van der Waals surface area contributed by atoms with Crippen molar-refractivity contribution in [3.05, 3.63) is 29.8 Å². The van der Waals surface area contributed by atoms with E-state index in [9.17, 15) is 39.3 Å². The predicted octanol–water partition coefficient (Wildman–Crippen LogP) is -0.315. The molecular formula is C23H34N4O8S. The monoisotopic (exact) mass is 526 g/mol. The maximum Gasteiger partial charge on any atom is 0.326 e. The Balaban J connectivity index is 2.96. The van der Waals surface area contributed by atoms with Crippen LogP contribution in [0.5, 0.6) is 5.75 Å². The minimum absolute atomic E-state index is 0.00506. The van der Waals surface area contributed by atoms with Crippen molar-refractivity contribution in [3.63, 3.8) is 0 Å². The molecular weight excluding hydrogens is 492 g/mol. The van der Waals surface area contributed by atoms with Gasteiger partial charge in [0.2, 0.25) is 17.7 Å². The molecule has 4 unspecified atom stereocenters. The number of benzene rings is 1. The molecule has 0 fully saturated rings. The first-order chi connectivity index (χ1) is 16.8. The molecule has 13 heteroatoms. The van der Waals surface area contributed by atoms with Crippen LogP contribution in [0.4, 0.5) is 0 Å².